The molecule has 4 atom stereocenters. The lowest BCUT2D eigenvalue weighted by molar-refractivity contribution is -0.139. The maximum Gasteiger partial charge on any atom is 0.407 e. The second kappa shape index (κ2) is 9.64. The van der Waals surface area contributed by atoms with Gasteiger partial charge in [0, 0.05) is 17.2 Å². The highest BCUT2D eigenvalue weighted by Gasteiger charge is 2.51. The molecule has 0 spiro atoms. The molecule has 3 aliphatic rings. The fourth-order valence-corrected chi connectivity index (χ4v) is 7.22. The van der Waals surface area contributed by atoms with E-state index in [1.165, 1.54) is 13.2 Å². The first kappa shape index (κ1) is 26.6. The first-order valence-corrected chi connectivity index (χ1v) is 14.5. The normalized spacial score (nSPS) is 22.3. The van der Waals surface area contributed by atoms with Gasteiger partial charge in [0.1, 0.15) is 11.9 Å². The summed E-state index contributed by atoms with van der Waals surface area (Å²) in [5.74, 6) is -2.33. The molecular formula is C33H32F2N4O3. The SMILES string of the molecule is COC(=O)NC(C(=O)N1C2CC[C@H](C2)C1c1nc2ccc(-c3ccc4c(c3)C(F)(F)c3ccccc3-4)cc2[nH]1)C(C)C. The number of hydrogen-bond acceptors (Lipinski definition) is 4. The molecule has 3 aromatic carbocycles. The summed E-state index contributed by atoms with van der Waals surface area (Å²) in [6.07, 6.45) is 2.19. The molecule has 2 fully saturated rings. The number of aromatic amines is 1. The molecule has 42 heavy (non-hydrogen) atoms. The van der Waals surface area contributed by atoms with E-state index < -0.39 is 18.1 Å². The van der Waals surface area contributed by atoms with Crippen molar-refractivity contribution >= 4 is 23.0 Å². The van der Waals surface area contributed by atoms with Gasteiger partial charge in [0.2, 0.25) is 5.91 Å². The van der Waals surface area contributed by atoms with Crippen molar-refractivity contribution in [3.8, 4) is 22.3 Å². The van der Waals surface area contributed by atoms with Crippen LogP contribution in [0.4, 0.5) is 13.6 Å². The maximum absolute atomic E-state index is 15.3. The van der Waals surface area contributed by atoms with E-state index in [9.17, 15) is 9.59 Å². The van der Waals surface area contributed by atoms with Crippen molar-refractivity contribution in [2.75, 3.05) is 7.11 Å². The molecule has 2 amide bonds. The van der Waals surface area contributed by atoms with Crippen LogP contribution < -0.4 is 5.32 Å². The number of fused-ring (bicyclic) bond motifs is 6. The largest absolute Gasteiger partial charge is 0.453 e. The molecule has 7 rings (SSSR count). The van der Waals surface area contributed by atoms with Crippen LogP contribution in [0.15, 0.2) is 60.7 Å². The summed E-state index contributed by atoms with van der Waals surface area (Å²) in [5, 5.41) is 2.72. The van der Waals surface area contributed by atoms with Crippen LogP contribution >= 0.6 is 0 Å². The lowest BCUT2D eigenvalue weighted by atomic mass is 9.95. The molecule has 2 N–H and O–H groups in total. The number of methoxy groups -OCH3 is 1. The minimum atomic E-state index is -3.05. The summed E-state index contributed by atoms with van der Waals surface area (Å²) < 4.78 is 35.5. The van der Waals surface area contributed by atoms with Gasteiger partial charge in [-0.05, 0) is 71.6 Å². The number of benzene rings is 3. The number of rotatable bonds is 5. The molecule has 2 aliphatic carbocycles. The van der Waals surface area contributed by atoms with Gasteiger partial charge >= 0.3 is 6.09 Å². The third kappa shape index (κ3) is 4.01. The Balaban J connectivity index is 1.22. The average molecular weight is 571 g/mol. The van der Waals surface area contributed by atoms with E-state index in [0.29, 0.717) is 22.5 Å². The van der Waals surface area contributed by atoms with Crippen molar-refractivity contribution < 1.29 is 23.1 Å². The number of H-pyrrole nitrogens is 1. The predicted molar refractivity (Wildman–Crippen MR) is 155 cm³/mol. The highest BCUT2D eigenvalue weighted by molar-refractivity contribution is 5.88. The number of alkyl carbamates (subject to hydrolysis) is 1. The van der Waals surface area contributed by atoms with Gasteiger partial charge in [-0.2, -0.15) is 8.78 Å². The Morgan fingerprint density at radius 3 is 2.55 bits per heavy atom. The zero-order valence-corrected chi connectivity index (χ0v) is 23.7. The number of halogens is 2. The van der Waals surface area contributed by atoms with Crippen LogP contribution in [0.5, 0.6) is 0 Å². The molecule has 1 aromatic heterocycles. The number of carbonyl (C=O) groups is 2. The summed E-state index contributed by atoms with van der Waals surface area (Å²) in [7, 11) is 1.29. The van der Waals surface area contributed by atoms with Gasteiger partial charge in [0.05, 0.1) is 24.2 Å². The number of piperidine rings is 1. The van der Waals surface area contributed by atoms with Crippen molar-refractivity contribution in [1.29, 1.82) is 0 Å². The number of nitrogens with zero attached hydrogens (tertiary/aromatic N) is 2. The minimum Gasteiger partial charge on any atom is -0.453 e. The van der Waals surface area contributed by atoms with Crippen LogP contribution in [-0.4, -0.2) is 46.1 Å². The summed E-state index contributed by atoms with van der Waals surface area (Å²) in [5.41, 5.74) is 4.22. The van der Waals surface area contributed by atoms with Gasteiger partial charge in [0.25, 0.3) is 5.92 Å². The molecule has 3 unspecified atom stereocenters. The molecule has 0 radical (unpaired) electrons. The Hall–Kier alpha value is -4.27. The van der Waals surface area contributed by atoms with Crippen molar-refractivity contribution in [2.24, 2.45) is 11.8 Å². The van der Waals surface area contributed by atoms with Gasteiger partial charge in [-0.25, -0.2) is 9.78 Å². The van der Waals surface area contributed by atoms with Gasteiger partial charge < -0.3 is 19.9 Å². The lowest BCUT2D eigenvalue weighted by Gasteiger charge is -2.37. The molecule has 1 saturated heterocycles. The van der Waals surface area contributed by atoms with E-state index in [-0.39, 0.29) is 41.0 Å². The van der Waals surface area contributed by atoms with Gasteiger partial charge in [-0.3, -0.25) is 4.79 Å². The molecule has 1 saturated carbocycles. The second-order valence-electron chi connectivity index (χ2n) is 12.0. The number of ether oxygens (including phenoxy) is 1. The van der Waals surface area contributed by atoms with Crippen LogP contribution in [0.3, 0.4) is 0 Å². The van der Waals surface area contributed by atoms with E-state index in [1.807, 2.05) is 43.0 Å². The van der Waals surface area contributed by atoms with E-state index in [0.717, 1.165) is 35.9 Å². The van der Waals surface area contributed by atoms with E-state index in [1.54, 1.807) is 30.3 Å². The molecule has 2 bridgehead atoms. The Morgan fingerprint density at radius 1 is 1.02 bits per heavy atom. The average Bonchev–Trinajstić information content (AvgIpc) is 3.76. The number of imidazole rings is 1. The second-order valence-corrected chi connectivity index (χ2v) is 12.0. The van der Waals surface area contributed by atoms with Crippen molar-refractivity contribution in [1.82, 2.24) is 20.2 Å². The molecule has 9 heteroatoms. The predicted octanol–water partition coefficient (Wildman–Crippen LogP) is 6.78. The van der Waals surface area contributed by atoms with E-state index in [4.69, 9.17) is 9.72 Å². The number of nitrogens with one attached hydrogen (secondary N) is 2. The van der Waals surface area contributed by atoms with Crippen LogP contribution in [0.1, 0.15) is 56.1 Å². The third-order valence-electron chi connectivity index (χ3n) is 9.26. The number of aromatic nitrogens is 2. The number of amides is 2. The van der Waals surface area contributed by atoms with Crippen LogP contribution in [0.2, 0.25) is 0 Å². The highest BCUT2D eigenvalue weighted by atomic mass is 19.3. The molecule has 1 aliphatic heterocycles. The highest BCUT2D eigenvalue weighted by Crippen LogP contribution is 2.52. The summed E-state index contributed by atoms with van der Waals surface area (Å²) in [6.45, 7) is 3.80. The first-order valence-electron chi connectivity index (χ1n) is 14.5. The Morgan fingerprint density at radius 2 is 1.76 bits per heavy atom. The zero-order valence-electron chi connectivity index (χ0n) is 23.7. The molecule has 4 aromatic rings. The monoisotopic (exact) mass is 570 g/mol. The van der Waals surface area contributed by atoms with Crippen LogP contribution in [0.25, 0.3) is 33.3 Å². The van der Waals surface area contributed by atoms with Crippen molar-refractivity contribution in [3.63, 3.8) is 0 Å². The number of carbonyl (C=O) groups excluding carboxylic acids is 2. The molecule has 2 heterocycles. The third-order valence-corrected chi connectivity index (χ3v) is 9.26. The first-order chi connectivity index (χ1) is 20.2. The summed E-state index contributed by atoms with van der Waals surface area (Å²) >= 11 is 0. The number of likely N-dealkylation sites (tertiary alicyclic amines) is 1. The fraction of sp³-hybridized carbons (Fsp3) is 0.364. The minimum absolute atomic E-state index is 0.0167. The maximum atomic E-state index is 15.3. The van der Waals surface area contributed by atoms with E-state index in [2.05, 4.69) is 10.3 Å². The van der Waals surface area contributed by atoms with Crippen LogP contribution in [-0.2, 0) is 15.5 Å². The Kier molecular flexibility index (Phi) is 6.11. The zero-order chi connectivity index (χ0) is 29.3. The standard InChI is InChI=1S/C33H32F2N4O3/c1-17(2)28(38-32(41)42-3)31(40)39-21-11-8-20(14-21)29(39)30-36-26-13-10-19(16-27(26)37-30)18-9-12-23-22-6-4-5-7-24(22)33(34,35)25(23)15-18/h4-7,9-10,12-13,15-17,20-21,28-29H,8,11,14H2,1-3H3,(H,36,37)(H,38,41)/t20-,21?,28?,29?/m1/s1. The summed E-state index contributed by atoms with van der Waals surface area (Å²) in [4.78, 5) is 36.1. The molecular weight excluding hydrogens is 538 g/mol. The number of alkyl halides is 2. The van der Waals surface area contributed by atoms with Crippen LogP contribution in [0, 0.1) is 11.8 Å². The van der Waals surface area contributed by atoms with Crippen molar-refractivity contribution in [3.05, 3.63) is 77.6 Å². The van der Waals surface area contributed by atoms with Gasteiger partial charge in [0.15, 0.2) is 0 Å². The Bertz CT molecular complexity index is 1730. The smallest absolute Gasteiger partial charge is 0.407 e. The molecule has 7 nitrogen and oxygen atoms in total. The molecule has 216 valence electrons. The Labute approximate surface area is 242 Å². The summed E-state index contributed by atoms with van der Waals surface area (Å²) in [6, 6.07) is 16.8. The van der Waals surface area contributed by atoms with E-state index >= 15 is 8.78 Å². The topological polar surface area (TPSA) is 87.3 Å². The van der Waals surface area contributed by atoms with Gasteiger partial charge in [-0.15, -0.1) is 0 Å². The van der Waals surface area contributed by atoms with Crippen molar-refractivity contribution in [2.45, 2.75) is 57.2 Å². The number of hydrogen-bond donors (Lipinski definition) is 2. The van der Waals surface area contributed by atoms with Gasteiger partial charge in [-0.1, -0.05) is 56.3 Å². The lowest BCUT2D eigenvalue weighted by Crippen LogP contribution is -2.54. The fourth-order valence-electron chi connectivity index (χ4n) is 7.22. The quantitative estimate of drug-likeness (QED) is 0.277.